The lowest BCUT2D eigenvalue weighted by molar-refractivity contribution is -0.145. The molecule has 0 spiro atoms. The predicted molar refractivity (Wildman–Crippen MR) is 130 cm³/mol. The van der Waals surface area contributed by atoms with Crippen LogP contribution in [-0.2, 0) is 23.9 Å². The van der Waals surface area contributed by atoms with Crippen LogP contribution in [0.1, 0.15) is 64.1 Å². The van der Waals surface area contributed by atoms with E-state index in [2.05, 4.69) is 15.4 Å². The van der Waals surface area contributed by atoms with Crippen LogP contribution in [-0.4, -0.2) is 72.3 Å². The fourth-order valence-electron chi connectivity index (χ4n) is 3.28. The Balaban J connectivity index is 3.34. The minimum atomic E-state index is -1.33. The summed E-state index contributed by atoms with van der Waals surface area (Å²) in [4.78, 5) is 52.1. The fourth-order valence-corrected chi connectivity index (χ4v) is 3.28. The third kappa shape index (κ3) is 10.3. The van der Waals surface area contributed by atoms with Crippen molar-refractivity contribution in [1.29, 1.82) is 0 Å². The van der Waals surface area contributed by atoms with Gasteiger partial charge in [0.25, 0.3) is 0 Å². The fraction of sp³-hybridized carbons (Fsp3) is 0.600. The van der Waals surface area contributed by atoms with Gasteiger partial charge in [0.05, 0.1) is 13.7 Å². The zero-order valence-corrected chi connectivity index (χ0v) is 21.6. The van der Waals surface area contributed by atoms with Gasteiger partial charge in [0, 0.05) is 6.54 Å². The highest BCUT2D eigenvalue weighted by atomic mass is 16.6. The van der Waals surface area contributed by atoms with Crippen molar-refractivity contribution < 1.29 is 33.8 Å². The second kappa shape index (κ2) is 14.3. The molecule has 2 unspecified atom stereocenters. The highest BCUT2D eigenvalue weighted by Crippen LogP contribution is 2.24. The van der Waals surface area contributed by atoms with Crippen molar-refractivity contribution in [3.8, 4) is 0 Å². The van der Waals surface area contributed by atoms with Crippen LogP contribution in [0.15, 0.2) is 24.3 Å². The third-order valence-electron chi connectivity index (χ3n) is 5.05. The van der Waals surface area contributed by atoms with E-state index in [-0.39, 0.29) is 13.1 Å². The van der Waals surface area contributed by atoms with E-state index < -0.39 is 48.2 Å². The number of benzene rings is 1. The van der Waals surface area contributed by atoms with E-state index in [9.17, 15) is 24.3 Å². The maximum absolute atomic E-state index is 13.6. The number of amides is 3. The number of nitrogens with one attached hydrogen (secondary N) is 2. The summed E-state index contributed by atoms with van der Waals surface area (Å²) in [6.07, 6.45) is 1.42. The smallest absolute Gasteiger partial charge is 0.408 e. The molecule has 35 heavy (non-hydrogen) atoms. The molecular formula is C25H39N3O7. The van der Waals surface area contributed by atoms with Gasteiger partial charge in [-0.1, -0.05) is 49.6 Å². The first-order valence-electron chi connectivity index (χ1n) is 11.7. The van der Waals surface area contributed by atoms with Gasteiger partial charge in [-0.15, -0.1) is 0 Å². The van der Waals surface area contributed by atoms with Crippen molar-refractivity contribution in [2.45, 2.75) is 71.6 Å². The molecule has 0 aliphatic heterocycles. The first-order chi connectivity index (χ1) is 16.4. The van der Waals surface area contributed by atoms with Crippen LogP contribution >= 0.6 is 0 Å². The van der Waals surface area contributed by atoms with Gasteiger partial charge in [0.2, 0.25) is 11.8 Å². The molecule has 0 saturated heterocycles. The van der Waals surface area contributed by atoms with Crippen LogP contribution in [0.4, 0.5) is 4.79 Å². The molecule has 1 aromatic rings. The van der Waals surface area contributed by atoms with Crippen molar-refractivity contribution >= 4 is 23.9 Å². The summed E-state index contributed by atoms with van der Waals surface area (Å²) in [6.45, 7) is 8.08. The minimum absolute atomic E-state index is 0.198. The summed E-state index contributed by atoms with van der Waals surface area (Å²) in [7, 11) is 1.21. The Kier molecular flexibility index (Phi) is 12.2. The molecule has 10 heteroatoms. The Morgan fingerprint density at radius 1 is 1.09 bits per heavy atom. The highest BCUT2D eigenvalue weighted by Gasteiger charge is 2.36. The highest BCUT2D eigenvalue weighted by molar-refractivity contribution is 5.93. The zero-order chi connectivity index (χ0) is 26.6. The molecule has 0 heterocycles. The quantitative estimate of drug-likeness (QED) is 0.300. The number of hydrogen-bond acceptors (Lipinski definition) is 7. The van der Waals surface area contributed by atoms with Crippen molar-refractivity contribution in [1.82, 2.24) is 15.5 Å². The first-order valence-corrected chi connectivity index (χ1v) is 11.7. The van der Waals surface area contributed by atoms with Gasteiger partial charge in [-0.25, -0.2) is 4.79 Å². The number of unbranched alkanes of at least 4 members (excludes halogenated alkanes) is 2. The minimum Gasteiger partial charge on any atom is -0.468 e. The SMILES string of the molecule is CCCCCN(C(=O)C(CO)NC(=O)OC(C)(C)C)C(C(=O)NCC(=O)OC)c1ccc(C)cc1. The third-order valence-corrected chi connectivity index (χ3v) is 5.05. The predicted octanol–water partition coefficient (Wildman–Crippen LogP) is 2.23. The van der Waals surface area contributed by atoms with Gasteiger partial charge in [-0.3, -0.25) is 14.4 Å². The van der Waals surface area contributed by atoms with Gasteiger partial charge in [-0.05, 0) is 39.7 Å². The lowest BCUT2D eigenvalue weighted by Gasteiger charge is -2.34. The second-order valence-corrected chi connectivity index (χ2v) is 9.23. The van der Waals surface area contributed by atoms with Gasteiger partial charge in [-0.2, -0.15) is 0 Å². The number of carbonyl (C=O) groups excluding carboxylic acids is 4. The van der Waals surface area contributed by atoms with Crippen molar-refractivity contribution in [2.24, 2.45) is 0 Å². The Bertz CT molecular complexity index is 850. The molecule has 0 aromatic heterocycles. The van der Waals surface area contributed by atoms with Crippen LogP contribution < -0.4 is 10.6 Å². The van der Waals surface area contributed by atoms with E-state index in [1.807, 2.05) is 26.0 Å². The Morgan fingerprint density at radius 2 is 1.71 bits per heavy atom. The molecule has 0 radical (unpaired) electrons. The largest absolute Gasteiger partial charge is 0.468 e. The number of aryl methyl sites for hydroxylation is 1. The average Bonchev–Trinajstić information content (AvgIpc) is 2.79. The monoisotopic (exact) mass is 493 g/mol. The molecule has 1 rings (SSSR count). The number of esters is 1. The van der Waals surface area contributed by atoms with Crippen LogP contribution in [0.3, 0.4) is 0 Å². The first kappa shape index (κ1) is 29.9. The summed E-state index contributed by atoms with van der Waals surface area (Å²) < 4.78 is 9.82. The van der Waals surface area contributed by atoms with Gasteiger partial charge < -0.3 is 30.1 Å². The molecule has 1 aromatic carbocycles. The zero-order valence-electron chi connectivity index (χ0n) is 21.6. The maximum Gasteiger partial charge on any atom is 0.408 e. The number of alkyl carbamates (subject to hydrolysis) is 1. The summed E-state index contributed by atoms with van der Waals surface area (Å²) >= 11 is 0. The van der Waals surface area contributed by atoms with Gasteiger partial charge in [0.1, 0.15) is 24.2 Å². The molecule has 0 saturated carbocycles. The van der Waals surface area contributed by atoms with E-state index in [0.717, 1.165) is 18.4 Å². The van der Waals surface area contributed by atoms with Crippen LogP contribution in [0.5, 0.6) is 0 Å². The standard InChI is InChI=1S/C25H39N3O7/c1-7-8-9-14-28(23(32)19(16-29)27-24(33)35-25(3,4)5)21(18-12-10-17(2)11-13-18)22(31)26-15-20(30)34-6/h10-13,19,21,29H,7-9,14-16H2,1-6H3,(H,26,31)(H,27,33). The number of aliphatic hydroxyl groups is 1. The van der Waals surface area contributed by atoms with Crippen LogP contribution in [0, 0.1) is 6.92 Å². The van der Waals surface area contributed by atoms with E-state index in [4.69, 9.17) is 4.74 Å². The molecule has 3 N–H and O–H groups in total. The molecule has 10 nitrogen and oxygen atoms in total. The molecular weight excluding hydrogens is 454 g/mol. The summed E-state index contributed by atoms with van der Waals surface area (Å²) in [5.74, 6) is -1.86. The summed E-state index contributed by atoms with van der Waals surface area (Å²) in [5, 5.41) is 14.8. The summed E-state index contributed by atoms with van der Waals surface area (Å²) in [6, 6.07) is 4.66. The maximum atomic E-state index is 13.6. The number of aliphatic hydroxyl groups excluding tert-OH is 1. The van der Waals surface area contributed by atoms with Crippen molar-refractivity contribution in [3.63, 3.8) is 0 Å². The molecule has 0 aliphatic carbocycles. The van der Waals surface area contributed by atoms with Gasteiger partial charge >= 0.3 is 12.1 Å². The lowest BCUT2D eigenvalue weighted by Crippen LogP contribution is -2.54. The van der Waals surface area contributed by atoms with E-state index in [1.54, 1.807) is 32.9 Å². The van der Waals surface area contributed by atoms with Crippen molar-refractivity contribution in [3.05, 3.63) is 35.4 Å². The molecule has 0 bridgehead atoms. The van der Waals surface area contributed by atoms with E-state index in [0.29, 0.717) is 12.0 Å². The second-order valence-electron chi connectivity index (χ2n) is 9.23. The number of rotatable bonds is 12. The topological polar surface area (TPSA) is 134 Å². The Hall–Kier alpha value is -3.14. The molecule has 2 atom stereocenters. The number of methoxy groups -OCH3 is 1. The molecule has 0 aliphatic rings. The number of ether oxygens (including phenoxy) is 2. The molecule has 0 fully saturated rings. The van der Waals surface area contributed by atoms with E-state index >= 15 is 0 Å². The normalized spacial score (nSPS) is 12.8. The van der Waals surface area contributed by atoms with Crippen LogP contribution in [0.2, 0.25) is 0 Å². The Labute approximate surface area is 207 Å². The van der Waals surface area contributed by atoms with Crippen LogP contribution in [0.25, 0.3) is 0 Å². The summed E-state index contributed by atoms with van der Waals surface area (Å²) in [5.41, 5.74) is 0.689. The number of carbonyl (C=O) groups is 4. The van der Waals surface area contributed by atoms with Crippen molar-refractivity contribution in [2.75, 3.05) is 26.8 Å². The number of nitrogens with zero attached hydrogens (tertiary/aromatic N) is 1. The number of hydrogen-bond donors (Lipinski definition) is 3. The Morgan fingerprint density at radius 3 is 2.23 bits per heavy atom. The molecule has 3 amide bonds. The average molecular weight is 494 g/mol. The lowest BCUT2D eigenvalue weighted by atomic mass is 10.0. The van der Waals surface area contributed by atoms with E-state index in [1.165, 1.54) is 12.0 Å². The molecule has 196 valence electrons. The van der Waals surface area contributed by atoms with Gasteiger partial charge in [0.15, 0.2) is 0 Å².